The summed E-state index contributed by atoms with van der Waals surface area (Å²) in [5.74, 6) is -0.638. The number of hydrogen-bond acceptors (Lipinski definition) is 3. The van der Waals surface area contributed by atoms with Crippen molar-refractivity contribution in [2.75, 3.05) is 20.2 Å². The van der Waals surface area contributed by atoms with E-state index < -0.39 is 30.6 Å². The summed E-state index contributed by atoms with van der Waals surface area (Å²) in [6.45, 7) is -1.34. The second kappa shape index (κ2) is 6.30. The molecule has 0 radical (unpaired) electrons. The van der Waals surface area contributed by atoms with Crippen molar-refractivity contribution in [1.29, 1.82) is 0 Å². The fourth-order valence-electron chi connectivity index (χ4n) is 2.84. The number of hydrogen-bond donors (Lipinski definition) is 2. The Labute approximate surface area is 140 Å². The van der Waals surface area contributed by atoms with Gasteiger partial charge in [-0.05, 0) is 24.6 Å². The number of benzene rings is 1. The van der Waals surface area contributed by atoms with E-state index in [1.165, 1.54) is 7.11 Å². The van der Waals surface area contributed by atoms with Crippen LogP contribution in [0, 0.1) is 0 Å². The van der Waals surface area contributed by atoms with E-state index in [2.05, 4.69) is 10.3 Å². The van der Waals surface area contributed by atoms with E-state index >= 15 is 0 Å². The molecule has 0 bridgehead atoms. The van der Waals surface area contributed by atoms with Crippen molar-refractivity contribution in [2.24, 2.45) is 0 Å². The van der Waals surface area contributed by atoms with Gasteiger partial charge in [0, 0.05) is 23.5 Å². The molecule has 2 aromatic rings. The van der Waals surface area contributed by atoms with Crippen LogP contribution < -0.4 is 10.1 Å². The smallest absolute Gasteiger partial charge is 0.406 e. The Morgan fingerprint density at radius 2 is 2.16 bits per heavy atom. The van der Waals surface area contributed by atoms with Crippen LogP contribution in [0.3, 0.4) is 0 Å². The lowest BCUT2D eigenvalue weighted by Gasteiger charge is -2.18. The van der Waals surface area contributed by atoms with Crippen molar-refractivity contribution in [3.05, 3.63) is 30.0 Å². The molecule has 25 heavy (non-hydrogen) atoms. The summed E-state index contributed by atoms with van der Waals surface area (Å²) in [6, 6.07) is 5.89. The highest BCUT2D eigenvalue weighted by molar-refractivity contribution is 6.00. The third kappa shape index (κ3) is 3.70. The molecule has 1 aromatic carbocycles. The zero-order valence-electron chi connectivity index (χ0n) is 13.3. The number of likely N-dealkylation sites (tertiary alicyclic amines) is 1. The third-order valence-corrected chi connectivity index (χ3v) is 4.05. The lowest BCUT2D eigenvalue weighted by Crippen LogP contribution is -2.43. The normalized spacial score (nSPS) is 18.0. The van der Waals surface area contributed by atoms with Gasteiger partial charge in [0.25, 0.3) is 5.91 Å². The van der Waals surface area contributed by atoms with Crippen LogP contribution in [0.25, 0.3) is 10.9 Å². The molecule has 1 aromatic heterocycles. The van der Waals surface area contributed by atoms with Gasteiger partial charge in [-0.15, -0.1) is 0 Å². The maximum Gasteiger partial charge on any atom is 0.406 e. The van der Waals surface area contributed by atoms with E-state index in [4.69, 9.17) is 4.74 Å². The summed E-state index contributed by atoms with van der Waals surface area (Å²) in [5, 5.41) is 3.27. The number of methoxy groups -OCH3 is 1. The van der Waals surface area contributed by atoms with Crippen LogP contribution in [-0.4, -0.2) is 54.1 Å². The molecule has 3 rings (SSSR count). The maximum absolute atomic E-state index is 12.4. The molecule has 1 atom stereocenters. The van der Waals surface area contributed by atoms with Crippen LogP contribution in [0.5, 0.6) is 5.75 Å². The molecule has 1 fully saturated rings. The predicted octanol–water partition coefficient (Wildman–Crippen LogP) is 2.07. The third-order valence-electron chi connectivity index (χ3n) is 4.05. The van der Waals surface area contributed by atoms with Gasteiger partial charge in [-0.2, -0.15) is 13.2 Å². The van der Waals surface area contributed by atoms with E-state index in [0.29, 0.717) is 16.2 Å². The van der Waals surface area contributed by atoms with Crippen LogP contribution >= 0.6 is 0 Å². The minimum atomic E-state index is -4.45. The number of alkyl halides is 3. The predicted molar refractivity (Wildman–Crippen MR) is 83.4 cm³/mol. The minimum absolute atomic E-state index is 0.0345. The summed E-state index contributed by atoms with van der Waals surface area (Å²) in [5.41, 5.74) is 0.909. The van der Waals surface area contributed by atoms with Crippen LogP contribution in [0.1, 0.15) is 16.9 Å². The number of halogens is 3. The molecule has 1 saturated heterocycles. The largest absolute Gasteiger partial charge is 0.497 e. The monoisotopic (exact) mass is 355 g/mol. The summed E-state index contributed by atoms with van der Waals surface area (Å²) in [4.78, 5) is 27.9. The van der Waals surface area contributed by atoms with E-state index in [1.54, 1.807) is 24.3 Å². The Kier molecular flexibility index (Phi) is 4.32. The fraction of sp³-hybridized carbons (Fsp3) is 0.375. The van der Waals surface area contributed by atoms with Gasteiger partial charge in [0.05, 0.1) is 7.11 Å². The number of H-pyrrole nitrogens is 1. The van der Waals surface area contributed by atoms with Gasteiger partial charge in [-0.25, -0.2) is 0 Å². The fourth-order valence-corrected chi connectivity index (χ4v) is 2.84. The van der Waals surface area contributed by atoms with Crippen molar-refractivity contribution in [1.82, 2.24) is 15.2 Å². The number of rotatable bonds is 4. The SMILES string of the molecule is COc1ccc2cc(C(=O)NC3CCN(CC(F)(F)F)C3=O)[nH]c2c1. The lowest BCUT2D eigenvalue weighted by molar-refractivity contribution is -0.157. The molecule has 0 spiro atoms. The molecule has 0 saturated carbocycles. The van der Waals surface area contributed by atoms with Crippen molar-refractivity contribution in [3.8, 4) is 5.75 Å². The number of carbonyl (C=O) groups is 2. The number of ether oxygens (including phenoxy) is 1. The molecule has 0 aliphatic carbocycles. The average Bonchev–Trinajstić information content (AvgIpc) is 3.11. The van der Waals surface area contributed by atoms with E-state index in [0.717, 1.165) is 5.39 Å². The summed E-state index contributed by atoms with van der Waals surface area (Å²) in [6.07, 6.45) is -4.31. The summed E-state index contributed by atoms with van der Waals surface area (Å²) in [7, 11) is 1.52. The highest BCUT2D eigenvalue weighted by Crippen LogP contribution is 2.23. The van der Waals surface area contributed by atoms with Crippen molar-refractivity contribution >= 4 is 22.7 Å². The number of carbonyl (C=O) groups excluding carboxylic acids is 2. The molecule has 1 aliphatic heterocycles. The first kappa shape index (κ1) is 17.1. The second-order valence-corrected chi connectivity index (χ2v) is 5.83. The standard InChI is InChI=1S/C16H16F3N3O3/c1-25-10-3-2-9-6-13(20-12(9)7-10)14(23)21-11-4-5-22(15(11)24)8-16(17,18)19/h2-3,6-7,11,20H,4-5,8H2,1H3,(H,21,23). The molecule has 2 N–H and O–H groups in total. The van der Waals surface area contributed by atoms with Gasteiger partial charge < -0.3 is 19.9 Å². The Bertz CT molecular complexity index is 816. The highest BCUT2D eigenvalue weighted by atomic mass is 19.4. The second-order valence-electron chi connectivity index (χ2n) is 5.83. The first-order valence-corrected chi connectivity index (χ1v) is 7.60. The molecule has 9 heteroatoms. The molecule has 134 valence electrons. The molecule has 1 unspecified atom stereocenters. The zero-order chi connectivity index (χ0) is 18.2. The number of fused-ring (bicyclic) bond motifs is 1. The Morgan fingerprint density at radius 1 is 1.40 bits per heavy atom. The molecule has 6 nitrogen and oxygen atoms in total. The van der Waals surface area contributed by atoms with Gasteiger partial charge in [0.1, 0.15) is 24.0 Å². The highest BCUT2D eigenvalue weighted by Gasteiger charge is 2.39. The van der Waals surface area contributed by atoms with Gasteiger partial charge >= 0.3 is 6.18 Å². The van der Waals surface area contributed by atoms with Crippen molar-refractivity contribution in [3.63, 3.8) is 0 Å². The van der Waals surface area contributed by atoms with Crippen molar-refractivity contribution < 1.29 is 27.5 Å². The van der Waals surface area contributed by atoms with Crippen LogP contribution in [0.4, 0.5) is 13.2 Å². The molecular formula is C16H16F3N3O3. The maximum atomic E-state index is 12.4. The number of aromatic amines is 1. The van der Waals surface area contributed by atoms with Gasteiger partial charge in [-0.3, -0.25) is 9.59 Å². The molecule has 2 amide bonds. The van der Waals surface area contributed by atoms with Crippen LogP contribution in [-0.2, 0) is 4.79 Å². The minimum Gasteiger partial charge on any atom is -0.497 e. The number of amides is 2. The topological polar surface area (TPSA) is 74.4 Å². The first-order chi connectivity index (χ1) is 11.8. The quantitative estimate of drug-likeness (QED) is 0.882. The number of nitrogens with one attached hydrogen (secondary N) is 2. The van der Waals surface area contributed by atoms with Crippen LogP contribution in [0.2, 0.25) is 0 Å². The Balaban J connectivity index is 1.69. The average molecular weight is 355 g/mol. The van der Waals surface area contributed by atoms with Crippen molar-refractivity contribution in [2.45, 2.75) is 18.6 Å². The lowest BCUT2D eigenvalue weighted by atomic mass is 10.2. The van der Waals surface area contributed by atoms with Gasteiger partial charge in [-0.1, -0.05) is 0 Å². The summed E-state index contributed by atoms with van der Waals surface area (Å²) >= 11 is 0. The van der Waals surface area contributed by atoms with Gasteiger partial charge in [0.2, 0.25) is 5.91 Å². The van der Waals surface area contributed by atoms with E-state index in [9.17, 15) is 22.8 Å². The Morgan fingerprint density at radius 3 is 2.84 bits per heavy atom. The van der Waals surface area contributed by atoms with Gasteiger partial charge in [0.15, 0.2) is 0 Å². The van der Waals surface area contributed by atoms with Crippen LogP contribution in [0.15, 0.2) is 24.3 Å². The molecule has 1 aliphatic rings. The number of aromatic nitrogens is 1. The number of nitrogens with zero attached hydrogens (tertiary/aromatic N) is 1. The zero-order valence-corrected chi connectivity index (χ0v) is 13.3. The molecular weight excluding hydrogens is 339 g/mol. The summed E-state index contributed by atoms with van der Waals surface area (Å²) < 4.78 is 42.4. The molecule has 2 heterocycles. The van der Waals surface area contributed by atoms with E-state index in [-0.39, 0.29) is 18.7 Å². The van der Waals surface area contributed by atoms with E-state index in [1.807, 2.05) is 0 Å². The Hall–Kier alpha value is -2.71. The first-order valence-electron chi connectivity index (χ1n) is 7.60.